The van der Waals surface area contributed by atoms with Gasteiger partial charge in [0.05, 0.1) is 12.1 Å². The van der Waals surface area contributed by atoms with Gasteiger partial charge in [-0.3, -0.25) is 9.59 Å². The summed E-state index contributed by atoms with van der Waals surface area (Å²) >= 11 is 0. The summed E-state index contributed by atoms with van der Waals surface area (Å²) in [5.41, 5.74) is 6.33. The topological polar surface area (TPSA) is 95.7 Å². The lowest BCUT2D eigenvalue weighted by Crippen LogP contribution is -2.51. The number of phenols is 1. The third-order valence-electron chi connectivity index (χ3n) is 3.68. The molecule has 1 unspecified atom stereocenters. The Kier molecular flexibility index (Phi) is 4.80. The first kappa shape index (κ1) is 15.3. The molecule has 2 rings (SSSR count). The van der Waals surface area contributed by atoms with E-state index in [0.29, 0.717) is 6.54 Å². The molecule has 6 heteroatoms. The zero-order valence-electron chi connectivity index (χ0n) is 12.1. The van der Waals surface area contributed by atoms with Crippen LogP contribution in [0.4, 0.5) is 0 Å². The summed E-state index contributed by atoms with van der Waals surface area (Å²) < 4.78 is 0. The number of phenolic OH excluding ortho intramolecular Hbond substituents is 1. The quantitative estimate of drug-likeness (QED) is 0.747. The Labute approximate surface area is 123 Å². The maximum absolute atomic E-state index is 12.6. The van der Waals surface area contributed by atoms with Crippen LogP contribution in [0.25, 0.3) is 0 Å². The van der Waals surface area contributed by atoms with Crippen LogP contribution in [0.2, 0.25) is 0 Å². The number of nitrogens with zero attached hydrogens (tertiary/aromatic N) is 1. The molecule has 0 bridgehead atoms. The molecule has 1 saturated heterocycles. The van der Waals surface area contributed by atoms with Crippen LogP contribution in [0.3, 0.4) is 0 Å². The van der Waals surface area contributed by atoms with E-state index in [1.165, 1.54) is 11.0 Å². The number of aryl methyl sites for hydroxylation is 1. The number of rotatable bonds is 4. The molecule has 0 saturated carbocycles. The summed E-state index contributed by atoms with van der Waals surface area (Å²) in [6.07, 6.45) is 1.76. The first-order chi connectivity index (χ1) is 9.99. The van der Waals surface area contributed by atoms with E-state index >= 15 is 0 Å². The molecule has 4 N–H and O–H groups in total. The summed E-state index contributed by atoms with van der Waals surface area (Å²) in [5.74, 6) is -0.987. The van der Waals surface area contributed by atoms with Crippen LogP contribution in [0.5, 0.6) is 5.75 Å². The van der Waals surface area contributed by atoms with Crippen LogP contribution in [-0.4, -0.2) is 47.5 Å². The molecule has 1 fully saturated rings. The molecule has 1 heterocycles. The molecule has 1 aliphatic rings. The van der Waals surface area contributed by atoms with Gasteiger partial charge >= 0.3 is 0 Å². The molecule has 1 aromatic rings. The minimum absolute atomic E-state index is 0.0711. The second-order valence-corrected chi connectivity index (χ2v) is 5.42. The summed E-state index contributed by atoms with van der Waals surface area (Å²) in [6.45, 7) is 3.23. The molecule has 0 aromatic heterocycles. The van der Waals surface area contributed by atoms with E-state index in [2.05, 4.69) is 5.32 Å². The van der Waals surface area contributed by atoms with Gasteiger partial charge in [0, 0.05) is 12.6 Å². The lowest BCUT2D eigenvalue weighted by atomic mass is 10.0. The highest BCUT2D eigenvalue weighted by molar-refractivity contribution is 5.98. The van der Waals surface area contributed by atoms with Gasteiger partial charge in [-0.15, -0.1) is 0 Å². The number of primary amides is 1. The zero-order chi connectivity index (χ0) is 15.4. The van der Waals surface area contributed by atoms with Gasteiger partial charge < -0.3 is 21.1 Å². The molecule has 0 aliphatic carbocycles. The van der Waals surface area contributed by atoms with Gasteiger partial charge in [0.25, 0.3) is 5.91 Å². The van der Waals surface area contributed by atoms with Crippen LogP contribution in [0, 0.1) is 6.92 Å². The van der Waals surface area contributed by atoms with E-state index in [0.717, 1.165) is 24.9 Å². The van der Waals surface area contributed by atoms with Gasteiger partial charge in [-0.25, -0.2) is 0 Å². The molecule has 0 radical (unpaired) electrons. The molecule has 0 spiro atoms. The molecule has 1 aromatic carbocycles. The zero-order valence-corrected chi connectivity index (χ0v) is 12.1. The molecule has 2 amide bonds. The van der Waals surface area contributed by atoms with E-state index < -0.39 is 5.91 Å². The smallest absolute Gasteiger partial charge is 0.258 e. The Morgan fingerprint density at radius 2 is 2.24 bits per heavy atom. The summed E-state index contributed by atoms with van der Waals surface area (Å²) in [7, 11) is 0. The Morgan fingerprint density at radius 1 is 1.48 bits per heavy atom. The highest BCUT2D eigenvalue weighted by atomic mass is 16.3. The van der Waals surface area contributed by atoms with E-state index in [-0.39, 0.29) is 29.8 Å². The number of amides is 2. The minimum atomic E-state index is -0.555. The fourth-order valence-electron chi connectivity index (χ4n) is 2.61. The van der Waals surface area contributed by atoms with E-state index in [1.807, 2.05) is 6.92 Å². The SMILES string of the molecule is Cc1ccc(C(=O)N(CC(N)=O)C2CCCNC2)c(O)c1. The number of hydrogen-bond acceptors (Lipinski definition) is 4. The van der Waals surface area contributed by atoms with Crippen molar-refractivity contribution in [1.82, 2.24) is 10.2 Å². The second kappa shape index (κ2) is 6.58. The maximum atomic E-state index is 12.6. The summed E-state index contributed by atoms with van der Waals surface area (Å²) in [6, 6.07) is 4.79. The highest BCUT2D eigenvalue weighted by Gasteiger charge is 2.28. The lowest BCUT2D eigenvalue weighted by molar-refractivity contribution is -0.119. The number of benzene rings is 1. The monoisotopic (exact) mass is 291 g/mol. The van der Waals surface area contributed by atoms with Gasteiger partial charge in [0.2, 0.25) is 5.91 Å². The van der Waals surface area contributed by atoms with Gasteiger partial charge in [0.15, 0.2) is 0 Å². The number of carbonyl (C=O) groups is 2. The molecule has 1 aliphatic heterocycles. The minimum Gasteiger partial charge on any atom is -0.507 e. The number of hydrogen-bond donors (Lipinski definition) is 3. The average Bonchev–Trinajstić information content (AvgIpc) is 2.45. The van der Waals surface area contributed by atoms with Crippen molar-refractivity contribution in [2.45, 2.75) is 25.8 Å². The Balaban J connectivity index is 2.26. The standard InChI is InChI=1S/C15H21N3O3/c1-10-4-5-12(13(19)7-10)15(21)18(9-14(16)20)11-3-2-6-17-8-11/h4-5,7,11,17,19H,2-3,6,8-9H2,1H3,(H2,16,20). The lowest BCUT2D eigenvalue weighted by Gasteiger charge is -2.34. The fourth-order valence-corrected chi connectivity index (χ4v) is 2.61. The van der Waals surface area contributed by atoms with E-state index in [1.54, 1.807) is 12.1 Å². The van der Waals surface area contributed by atoms with Crippen LogP contribution in [-0.2, 0) is 4.79 Å². The first-order valence-electron chi connectivity index (χ1n) is 7.08. The highest BCUT2D eigenvalue weighted by Crippen LogP contribution is 2.22. The van der Waals surface area contributed by atoms with Gasteiger partial charge in [-0.2, -0.15) is 0 Å². The second-order valence-electron chi connectivity index (χ2n) is 5.42. The Hall–Kier alpha value is -2.08. The van der Waals surface area contributed by atoms with Gasteiger partial charge in [-0.05, 0) is 44.0 Å². The number of carbonyl (C=O) groups excluding carboxylic acids is 2. The van der Waals surface area contributed by atoms with Crippen molar-refractivity contribution in [3.8, 4) is 5.75 Å². The Bertz CT molecular complexity index is 539. The number of aromatic hydroxyl groups is 1. The Morgan fingerprint density at radius 3 is 2.81 bits per heavy atom. The van der Waals surface area contributed by atoms with Crippen molar-refractivity contribution in [3.05, 3.63) is 29.3 Å². The number of nitrogens with one attached hydrogen (secondary N) is 1. The predicted molar refractivity (Wildman–Crippen MR) is 79.0 cm³/mol. The number of piperidine rings is 1. The van der Waals surface area contributed by atoms with Crippen molar-refractivity contribution >= 4 is 11.8 Å². The molecular formula is C15H21N3O3. The average molecular weight is 291 g/mol. The third kappa shape index (κ3) is 3.72. The van der Waals surface area contributed by atoms with Crippen LogP contribution in [0.15, 0.2) is 18.2 Å². The predicted octanol–water partition coefficient (Wildman–Crippen LogP) is 0.380. The molecular weight excluding hydrogens is 270 g/mol. The summed E-state index contributed by atoms with van der Waals surface area (Å²) in [4.78, 5) is 25.4. The summed E-state index contributed by atoms with van der Waals surface area (Å²) in [5, 5.41) is 13.2. The largest absolute Gasteiger partial charge is 0.507 e. The normalized spacial score (nSPS) is 18.2. The number of nitrogens with two attached hydrogens (primary N) is 1. The molecule has 6 nitrogen and oxygen atoms in total. The van der Waals surface area contributed by atoms with Crippen molar-refractivity contribution in [2.24, 2.45) is 5.73 Å². The van der Waals surface area contributed by atoms with E-state index in [4.69, 9.17) is 5.73 Å². The maximum Gasteiger partial charge on any atom is 0.258 e. The van der Waals surface area contributed by atoms with E-state index in [9.17, 15) is 14.7 Å². The van der Waals surface area contributed by atoms with Crippen LogP contribution in [0.1, 0.15) is 28.8 Å². The van der Waals surface area contributed by atoms with Crippen LogP contribution >= 0.6 is 0 Å². The van der Waals surface area contributed by atoms with Gasteiger partial charge in [-0.1, -0.05) is 6.07 Å². The van der Waals surface area contributed by atoms with Crippen LogP contribution < -0.4 is 11.1 Å². The molecule has 114 valence electrons. The van der Waals surface area contributed by atoms with Crippen molar-refractivity contribution in [2.75, 3.05) is 19.6 Å². The van der Waals surface area contributed by atoms with Crippen molar-refractivity contribution < 1.29 is 14.7 Å². The van der Waals surface area contributed by atoms with Crippen molar-refractivity contribution in [1.29, 1.82) is 0 Å². The van der Waals surface area contributed by atoms with Crippen molar-refractivity contribution in [3.63, 3.8) is 0 Å². The van der Waals surface area contributed by atoms with Gasteiger partial charge in [0.1, 0.15) is 5.75 Å². The fraction of sp³-hybridized carbons (Fsp3) is 0.467. The molecule has 1 atom stereocenters. The molecule has 21 heavy (non-hydrogen) atoms. The first-order valence-corrected chi connectivity index (χ1v) is 7.08. The third-order valence-corrected chi connectivity index (χ3v) is 3.68.